The summed E-state index contributed by atoms with van der Waals surface area (Å²) in [5, 5.41) is 11.6. The van der Waals surface area contributed by atoms with Gasteiger partial charge in [0.05, 0.1) is 0 Å². The van der Waals surface area contributed by atoms with Gasteiger partial charge in [-0.25, -0.2) is 8.78 Å². The van der Waals surface area contributed by atoms with Gasteiger partial charge in [-0.3, -0.25) is 9.59 Å². The second-order valence-corrected chi connectivity index (χ2v) is 5.54. The number of hydrogen-bond acceptors (Lipinski definition) is 3. The van der Waals surface area contributed by atoms with E-state index in [0.717, 1.165) is 18.2 Å². The lowest BCUT2D eigenvalue weighted by Crippen LogP contribution is -2.21. The van der Waals surface area contributed by atoms with Crippen LogP contribution in [-0.4, -0.2) is 30.8 Å². The fourth-order valence-electron chi connectivity index (χ4n) is 2.09. The SMILES string of the molecule is CN(C)C(=O)c1ccc(NC(=O)/C(C#N)=C/c2c(F)cccc2F)cc1. The van der Waals surface area contributed by atoms with E-state index in [1.807, 2.05) is 0 Å². The summed E-state index contributed by atoms with van der Waals surface area (Å²) >= 11 is 0. The van der Waals surface area contributed by atoms with Crippen molar-refractivity contribution in [1.82, 2.24) is 4.90 Å². The number of amides is 2. The number of halogens is 2. The molecule has 2 rings (SSSR count). The molecule has 0 spiro atoms. The summed E-state index contributed by atoms with van der Waals surface area (Å²) in [5.41, 5.74) is -0.161. The zero-order valence-corrected chi connectivity index (χ0v) is 14.1. The molecule has 132 valence electrons. The Morgan fingerprint density at radius 2 is 1.65 bits per heavy atom. The molecule has 0 atom stereocenters. The van der Waals surface area contributed by atoms with Gasteiger partial charge in [0.1, 0.15) is 23.3 Å². The lowest BCUT2D eigenvalue weighted by molar-refractivity contribution is -0.112. The first-order valence-electron chi connectivity index (χ1n) is 7.52. The number of carbonyl (C=O) groups is 2. The molecule has 7 heteroatoms. The molecule has 0 bridgehead atoms. The van der Waals surface area contributed by atoms with Crippen molar-refractivity contribution in [2.24, 2.45) is 0 Å². The number of nitrogens with zero attached hydrogens (tertiary/aromatic N) is 2. The third kappa shape index (κ3) is 4.30. The molecule has 1 N–H and O–H groups in total. The van der Waals surface area contributed by atoms with Gasteiger partial charge in [-0.1, -0.05) is 6.07 Å². The van der Waals surface area contributed by atoms with Gasteiger partial charge in [0.15, 0.2) is 0 Å². The molecule has 0 saturated carbocycles. The number of nitriles is 1. The van der Waals surface area contributed by atoms with Crippen molar-refractivity contribution in [3.05, 3.63) is 70.8 Å². The number of nitrogens with one attached hydrogen (secondary N) is 1. The Morgan fingerprint density at radius 1 is 1.08 bits per heavy atom. The van der Waals surface area contributed by atoms with Crippen LogP contribution in [0.5, 0.6) is 0 Å². The number of anilines is 1. The maximum absolute atomic E-state index is 13.7. The highest BCUT2D eigenvalue weighted by Crippen LogP contribution is 2.17. The van der Waals surface area contributed by atoms with Crippen LogP contribution in [0.25, 0.3) is 6.08 Å². The van der Waals surface area contributed by atoms with Crippen molar-refractivity contribution in [3.63, 3.8) is 0 Å². The molecule has 0 radical (unpaired) electrons. The first-order valence-corrected chi connectivity index (χ1v) is 7.52. The number of benzene rings is 2. The molecule has 2 aromatic rings. The maximum Gasteiger partial charge on any atom is 0.266 e. The Hall–Kier alpha value is -3.53. The average molecular weight is 355 g/mol. The third-order valence-corrected chi connectivity index (χ3v) is 3.45. The molecular weight excluding hydrogens is 340 g/mol. The summed E-state index contributed by atoms with van der Waals surface area (Å²) in [4.78, 5) is 25.4. The Bertz CT molecular complexity index is 893. The van der Waals surface area contributed by atoms with Crippen molar-refractivity contribution in [1.29, 1.82) is 5.26 Å². The van der Waals surface area contributed by atoms with Crippen molar-refractivity contribution in [2.45, 2.75) is 0 Å². The lowest BCUT2D eigenvalue weighted by atomic mass is 10.1. The molecular formula is C19H15F2N3O2. The molecule has 0 aliphatic rings. The molecule has 5 nitrogen and oxygen atoms in total. The zero-order chi connectivity index (χ0) is 19.3. The molecule has 0 saturated heterocycles. The highest BCUT2D eigenvalue weighted by Gasteiger charge is 2.14. The van der Waals surface area contributed by atoms with Gasteiger partial charge in [-0.2, -0.15) is 5.26 Å². The number of carbonyl (C=O) groups excluding carboxylic acids is 2. The molecule has 0 unspecified atom stereocenters. The normalized spacial score (nSPS) is 10.8. The first kappa shape index (κ1) is 18.8. The van der Waals surface area contributed by atoms with Crippen LogP contribution in [0, 0.1) is 23.0 Å². The second-order valence-electron chi connectivity index (χ2n) is 5.54. The zero-order valence-electron chi connectivity index (χ0n) is 14.1. The van der Waals surface area contributed by atoms with E-state index < -0.39 is 28.7 Å². The van der Waals surface area contributed by atoms with Crippen molar-refractivity contribution in [3.8, 4) is 6.07 Å². The number of hydrogen-bond donors (Lipinski definition) is 1. The lowest BCUT2D eigenvalue weighted by Gasteiger charge is -2.11. The van der Waals surface area contributed by atoms with Gasteiger partial charge < -0.3 is 10.2 Å². The standard InChI is InChI=1S/C19H15F2N3O2/c1-24(2)19(26)12-6-8-14(9-7-12)23-18(25)13(11-22)10-15-16(20)4-3-5-17(15)21/h3-10H,1-2H3,(H,23,25)/b13-10+. The molecule has 2 aromatic carbocycles. The van der Waals surface area contributed by atoms with E-state index in [-0.39, 0.29) is 5.91 Å². The Labute approximate surface area is 149 Å². The molecule has 26 heavy (non-hydrogen) atoms. The van der Waals surface area contributed by atoms with E-state index in [1.54, 1.807) is 20.2 Å². The predicted octanol–water partition coefficient (Wildman–Crippen LogP) is 3.21. The molecule has 0 aliphatic heterocycles. The van der Waals surface area contributed by atoms with Crippen LogP contribution in [0.15, 0.2) is 48.0 Å². The highest BCUT2D eigenvalue weighted by molar-refractivity contribution is 6.09. The monoisotopic (exact) mass is 355 g/mol. The van der Waals surface area contributed by atoms with Gasteiger partial charge in [0.25, 0.3) is 11.8 Å². The van der Waals surface area contributed by atoms with Crippen molar-refractivity contribution >= 4 is 23.6 Å². The smallest absolute Gasteiger partial charge is 0.266 e. The molecule has 0 heterocycles. The molecule has 0 aromatic heterocycles. The summed E-state index contributed by atoms with van der Waals surface area (Å²) in [7, 11) is 3.23. The predicted molar refractivity (Wildman–Crippen MR) is 93.0 cm³/mol. The molecule has 2 amide bonds. The minimum absolute atomic E-state index is 0.199. The van der Waals surface area contributed by atoms with Crippen molar-refractivity contribution < 1.29 is 18.4 Å². The van der Waals surface area contributed by atoms with E-state index in [2.05, 4.69) is 5.32 Å². The van der Waals surface area contributed by atoms with Crippen LogP contribution < -0.4 is 5.32 Å². The fraction of sp³-hybridized carbons (Fsp3) is 0.105. The average Bonchev–Trinajstić information content (AvgIpc) is 2.61. The molecule has 0 aliphatic carbocycles. The van der Waals surface area contributed by atoms with E-state index in [9.17, 15) is 18.4 Å². The summed E-state index contributed by atoms with van der Waals surface area (Å²) in [5.74, 6) is -2.77. The number of rotatable bonds is 4. The summed E-state index contributed by atoms with van der Waals surface area (Å²) < 4.78 is 27.3. The highest BCUT2D eigenvalue weighted by atomic mass is 19.1. The van der Waals surface area contributed by atoms with Gasteiger partial charge >= 0.3 is 0 Å². The topological polar surface area (TPSA) is 73.2 Å². The minimum Gasteiger partial charge on any atom is -0.345 e. The summed E-state index contributed by atoms with van der Waals surface area (Å²) in [6, 6.07) is 10.9. The third-order valence-electron chi connectivity index (χ3n) is 3.45. The first-order chi connectivity index (χ1) is 12.3. The second kappa shape index (κ2) is 8.03. The van der Waals surface area contributed by atoms with Crippen LogP contribution in [0.1, 0.15) is 15.9 Å². The van der Waals surface area contributed by atoms with Crippen molar-refractivity contribution in [2.75, 3.05) is 19.4 Å². The van der Waals surface area contributed by atoms with E-state index >= 15 is 0 Å². The maximum atomic E-state index is 13.7. The van der Waals surface area contributed by atoms with Crippen LogP contribution in [-0.2, 0) is 4.79 Å². The quantitative estimate of drug-likeness (QED) is 0.676. The van der Waals surface area contributed by atoms with E-state index in [4.69, 9.17) is 5.26 Å². The van der Waals surface area contributed by atoms with Gasteiger partial charge in [-0.05, 0) is 42.5 Å². The van der Waals surface area contributed by atoms with Gasteiger partial charge in [-0.15, -0.1) is 0 Å². The van der Waals surface area contributed by atoms with Gasteiger partial charge in [0, 0.05) is 30.9 Å². The van der Waals surface area contributed by atoms with Crippen LogP contribution in [0.4, 0.5) is 14.5 Å². The molecule has 0 fully saturated rings. The Kier molecular flexibility index (Phi) is 5.81. The fourth-order valence-corrected chi connectivity index (χ4v) is 2.09. The Balaban J connectivity index is 2.21. The Morgan fingerprint density at radius 3 is 2.15 bits per heavy atom. The largest absolute Gasteiger partial charge is 0.345 e. The van der Waals surface area contributed by atoms with Gasteiger partial charge in [0.2, 0.25) is 0 Å². The summed E-state index contributed by atoms with van der Waals surface area (Å²) in [6.45, 7) is 0. The van der Waals surface area contributed by atoms with E-state index in [1.165, 1.54) is 35.2 Å². The van der Waals surface area contributed by atoms with E-state index in [0.29, 0.717) is 11.3 Å². The van der Waals surface area contributed by atoms with Crippen LogP contribution in [0.2, 0.25) is 0 Å². The van der Waals surface area contributed by atoms with Crippen LogP contribution in [0.3, 0.4) is 0 Å². The van der Waals surface area contributed by atoms with Crippen LogP contribution >= 0.6 is 0 Å². The summed E-state index contributed by atoms with van der Waals surface area (Å²) in [6.07, 6.45) is 0.851. The minimum atomic E-state index is -0.878.